The molecule has 0 bridgehead atoms. The molecule has 0 spiro atoms. The molecule has 0 rings (SSSR count). The number of nitrogens with one attached hydrogen (secondary N) is 1. The predicted octanol–water partition coefficient (Wildman–Crippen LogP) is 4.08. The molecule has 0 aliphatic heterocycles. The predicted molar refractivity (Wildman–Crippen MR) is 104 cm³/mol. The zero-order valence-electron chi connectivity index (χ0n) is 16.9. The highest BCUT2D eigenvalue weighted by Crippen LogP contribution is 2.30. The van der Waals surface area contributed by atoms with E-state index in [9.17, 15) is 14.7 Å². The Morgan fingerprint density at radius 1 is 1.00 bits per heavy atom. The van der Waals surface area contributed by atoms with Crippen LogP contribution >= 0.6 is 0 Å². The third kappa shape index (κ3) is 9.53. The summed E-state index contributed by atoms with van der Waals surface area (Å²) in [5.74, 6) is -1.50. The maximum absolute atomic E-state index is 12.1. The molecule has 0 saturated heterocycles. The van der Waals surface area contributed by atoms with Gasteiger partial charge in [-0.05, 0) is 51.0 Å². The lowest BCUT2D eigenvalue weighted by atomic mass is 9.76. The van der Waals surface area contributed by atoms with Gasteiger partial charge in [-0.15, -0.1) is 0 Å². The summed E-state index contributed by atoms with van der Waals surface area (Å²) >= 11 is 0. The third-order valence-corrected chi connectivity index (χ3v) is 5.08. The van der Waals surface area contributed by atoms with E-state index in [4.69, 9.17) is 9.84 Å². The lowest BCUT2D eigenvalue weighted by molar-refractivity contribution is -0.148. The van der Waals surface area contributed by atoms with Crippen LogP contribution in [-0.4, -0.2) is 47.4 Å². The number of hydrogen-bond acceptors (Lipinski definition) is 4. The number of ether oxygens (including phenoxy) is 1. The largest absolute Gasteiger partial charge is 0.481 e. The summed E-state index contributed by atoms with van der Waals surface area (Å²) < 4.78 is 5.46. The molecule has 0 aliphatic carbocycles. The average Bonchev–Trinajstić information content (AvgIpc) is 2.61. The molecule has 2 atom stereocenters. The lowest BCUT2D eigenvalue weighted by Crippen LogP contribution is -2.57. The van der Waals surface area contributed by atoms with Crippen molar-refractivity contribution in [2.24, 2.45) is 5.92 Å². The van der Waals surface area contributed by atoms with Crippen LogP contribution in [0.1, 0.15) is 85.0 Å². The van der Waals surface area contributed by atoms with Crippen molar-refractivity contribution in [1.29, 1.82) is 0 Å². The second-order valence-electron chi connectivity index (χ2n) is 6.97. The minimum Gasteiger partial charge on any atom is -0.481 e. The van der Waals surface area contributed by atoms with Crippen LogP contribution in [0.5, 0.6) is 0 Å². The molecular weight excluding hydrogens is 334 g/mol. The molecule has 6 heteroatoms. The second-order valence-corrected chi connectivity index (χ2v) is 6.97. The van der Waals surface area contributed by atoms with Crippen molar-refractivity contribution < 1.29 is 24.5 Å². The Labute approximate surface area is 158 Å². The van der Waals surface area contributed by atoms with E-state index in [1.54, 1.807) is 0 Å². The molecule has 0 aromatic rings. The van der Waals surface area contributed by atoms with Gasteiger partial charge in [0.15, 0.2) is 0 Å². The van der Waals surface area contributed by atoms with E-state index in [2.05, 4.69) is 12.2 Å². The minimum atomic E-state index is -0.897. The maximum atomic E-state index is 12.1. The van der Waals surface area contributed by atoms with Crippen LogP contribution in [0, 0.1) is 5.92 Å². The third-order valence-electron chi connectivity index (χ3n) is 5.08. The molecule has 154 valence electrons. The minimum absolute atomic E-state index is 0.0474. The van der Waals surface area contributed by atoms with E-state index < -0.39 is 17.5 Å². The van der Waals surface area contributed by atoms with E-state index in [0.717, 1.165) is 58.2 Å². The molecule has 0 aromatic heterocycles. The maximum Gasteiger partial charge on any atom is 0.324 e. The first-order chi connectivity index (χ1) is 12.4. The van der Waals surface area contributed by atoms with Crippen LogP contribution < -0.4 is 5.32 Å². The molecule has 0 fully saturated rings. The van der Waals surface area contributed by atoms with E-state index in [1.807, 2.05) is 13.8 Å². The second kappa shape index (κ2) is 15.0. The van der Waals surface area contributed by atoms with Gasteiger partial charge in [0.25, 0.3) is 0 Å². The number of aliphatic carboxylic acids is 2. The van der Waals surface area contributed by atoms with Crippen molar-refractivity contribution in [2.45, 2.75) is 90.5 Å². The SMILES string of the molecule is CCCOCCCCNC(CC)(C(=O)O)C(CC)CCCCCC(=O)O. The zero-order chi connectivity index (χ0) is 19.8. The normalized spacial score (nSPS) is 14.7. The number of carboxylic acids is 2. The van der Waals surface area contributed by atoms with Crippen molar-refractivity contribution in [2.75, 3.05) is 19.8 Å². The van der Waals surface area contributed by atoms with Gasteiger partial charge in [-0.25, -0.2) is 0 Å². The van der Waals surface area contributed by atoms with Gasteiger partial charge in [-0.2, -0.15) is 0 Å². The average molecular weight is 374 g/mol. The van der Waals surface area contributed by atoms with Gasteiger partial charge in [0.1, 0.15) is 5.54 Å². The molecular formula is C20H39NO5. The fraction of sp³-hybridized carbons (Fsp3) is 0.900. The van der Waals surface area contributed by atoms with Crippen LogP contribution in [0.3, 0.4) is 0 Å². The first kappa shape index (κ1) is 24.9. The standard InChI is InChI=1S/C20H39NO5/c1-4-15-26-16-11-10-14-21-20(6-3,19(24)25)17(5-2)12-8-7-9-13-18(22)23/h17,21H,4-16H2,1-3H3,(H,22,23)(H,24,25). The Kier molecular flexibility index (Phi) is 14.3. The summed E-state index contributed by atoms with van der Waals surface area (Å²) in [5, 5.41) is 21.9. The number of carboxylic acid groups (broad SMARTS) is 2. The smallest absolute Gasteiger partial charge is 0.324 e. The van der Waals surface area contributed by atoms with Crippen LogP contribution in [0.2, 0.25) is 0 Å². The first-order valence-corrected chi connectivity index (χ1v) is 10.2. The van der Waals surface area contributed by atoms with Crippen molar-refractivity contribution in [1.82, 2.24) is 5.32 Å². The van der Waals surface area contributed by atoms with Crippen LogP contribution in [0.15, 0.2) is 0 Å². The molecule has 3 N–H and O–H groups in total. The zero-order valence-corrected chi connectivity index (χ0v) is 16.9. The fourth-order valence-electron chi connectivity index (χ4n) is 3.49. The van der Waals surface area contributed by atoms with Gasteiger partial charge in [0, 0.05) is 19.6 Å². The summed E-state index contributed by atoms with van der Waals surface area (Å²) in [7, 11) is 0. The quantitative estimate of drug-likeness (QED) is 0.313. The Morgan fingerprint density at radius 2 is 1.73 bits per heavy atom. The summed E-state index contributed by atoms with van der Waals surface area (Å²) in [5.41, 5.74) is -0.897. The molecule has 0 saturated carbocycles. The highest BCUT2D eigenvalue weighted by Gasteiger charge is 2.42. The summed E-state index contributed by atoms with van der Waals surface area (Å²) in [4.78, 5) is 22.7. The number of unbranched alkanes of at least 4 members (excludes halogenated alkanes) is 3. The lowest BCUT2D eigenvalue weighted by Gasteiger charge is -2.37. The van der Waals surface area contributed by atoms with Crippen LogP contribution in [0.25, 0.3) is 0 Å². The van der Waals surface area contributed by atoms with Gasteiger partial charge >= 0.3 is 11.9 Å². The van der Waals surface area contributed by atoms with Gasteiger partial charge in [-0.1, -0.05) is 40.0 Å². The van der Waals surface area contributed by atoms with Crippen molar-refractivity contribution >= 4 is 11.9 Å². The van der Waals surface area contributed by atoms with Crippen molar-refractivity contribution in [3.8, 4) is 0 Å². The van der Waals surface area contributed by atoms with Crippen LogP contribution in [-0.2, 0) is 14.3 Å². The van der Waals surface area contributed by atoms with Gasteiger partial charge in [0.05, 0.1) is 0 Å². The fourth-order valence-corrected chi connectivity index (χ4v) is 3.49. The van der Waals surface area contributed by atoms with Gasteiger partial charge in [-0.3, -0.25) is 9.59 Å². The molecule has 2 unspecified atom stereocenters. The number of rotatable bonds is 18. The number of carbonyl (C=O) groups is 2. The highest BCUT2D eigenvalue weighted by molar-refractivity contribution is 5.79. The van der Waals surface area contributed by atoms with Crippen molar-refractivity contribution in [3.63, 3.8) is 0 Å². The Hall–Kier alpha value is -1.14. The molecule has 0 aromatic carbocycles. The molecule has 0 aliphatic rings. The number of hydrogen-bond donors (Lipinski definition) is 3. The molecule has 0 heterocycles. The van der Waals surface area contributed by atoms with E-state index in [-0.39, 0.29) is 12.3 Å². The molecule has 26 heavy (non-hydrogen) atoms. The Bertz CT molecular complexity index is 388. The van der Waals surface area contributed by atoms with E-state index in [0.29, 0.717) is 19.4 Å². The topological polar surface area (TPSA) is 95.9 Å². The highest BCUT2D eigenvalue weighted by atomic mass is 16.5. The van der Waals surface area contributed by atoms with Crippen molar-refractivity contribution in [3.05, 3.63) is 0 Å². The van der Waals surface area contributed by atoms with E-state index in [1.165, 1.54) is 0 Å². The molecule has 0 radical (unpaired) electrons. The summed E-state index contributed by atoms with van der Waals surface area (Å²) in [6, 6.07) is 0. The Balaban J connectivity index is 4.49. The molecule has 6 nitrogen and oxygen atoms in total. The van der Waals surface area contributed by atoms with Crippen LogP contribution in [0.4, 0.5) is 0 Å². The van der Waals surface area contributed by atoms with Gasteiger partial charge < -0.3 is 20.3 Å². The monoisotopic (exact) mass is 373 g/mol. The first-order valence-electron chi connectivity index (χ1n) is 10.2. The van der Waals surface area contributed by atoms with Gasteiger partial charge in [0.2, 0.25) is 0 Å². The van der Waals surface area contributed by atoms with E-state index >= 15 is 0 Å². The summed E-state index contributed by atoms with van der Waals surface area (Å²) in [6.07, 6.45) is 7.53. The summed E-state index contributed by atoms with van der Waals surface area (Å²) in [6.45, 7) is 8.22. The molecule has 0 amide bonds. The Morgan fingerprint density at radius 3 is 2.27 bits per heavy atom.